The third-order valence-electron chi connectivity index (χ3n) is 2.52. The van der Waals surface area contributed by atoms with Gasteiger partial charge >= 0.3 is 0 Å². The predicted molar refractivity (Wildman–Crippen MR) is 74.2 cm³/mol. The summed E-state index contributed by atoms with van der Waals surface area (Å²) in [6.45, 7) is 2.61. The summed E-state index contributed by atoms with van der Waals surface area (Å²) in [4.78, 5) is 15.6. The molecule has 0 saturated carbocycles. The van der Waals surface area contributed by atoms with Gasteiger partial charge in [-0.2, -0.15) is 0 Å². The number of carbonyl (C=O) groups is 1. The molecule has 7 heteroatoms. The van der Waals surface area contributed by atoms with Crippen LogP contribution in [-0.2, 0) is 9.84 Å². The van der Waals surface area contributed by atoms with Crippen LogP contribution in [0, 0.1) is 0 Å². The van der Waals surface area contributed by atoms with E-state index in [-0.39, 0.29) is 21.5 Å². The molecule has 1 amide bonds. The first-order chi connectivity index (χ1) is 8.86. The summed E-state index contributed by atoms with van der Waals surface area (Å²) in [7, 11) is -3.45. The van der Waals surface area contributed by atoms with Crippen LogP contribution in [0.2, 0.25) is 5.02 Å². The molecule has 0 atom stereocenters. The molecule has 0 aliphatic rings. The maximum Gasteiger partial charge on any atom is 0.252 e. The Labute approximate surface area is 118 Å². The molecule has 0 aliphatic heterocycles. The average molecular weight is 305 g/mol. The van der Waals surface area contributed by atoms with Crippen LogP contribution in [0.25, 0.3) is 0 Å². The molecule has 0 saturated heterocycles. The molecule has 1 N–H and O–H groups in total. The number of nitrogens with zero attached hydrogens (tertiary/aromatic N) is 1. The predicted octanol–water partition coefficient (Wildman–Crippen LogP) is 2.06. The molecular weight excluding hydrogens is 288 g/mol. The van der Waals surface area contributed by atoms with E-state index in [0.29, 0.717) is 6.54 Å². The lowest BCUT2D eigenvalue weighted by Gasteiger charge is -2.07. The zero-order valence-electron chi connectivity index (χ0n) is 10.9. The number of carbonyl (C=O) groups excluding carboxylic acids is 1. The molecule has 1 rings (SSSR count). The highest BCUT2D eigenvalue weighted by molar-refractivity contribution is 7.90. The Bertz CT molecular complexity index is 558. The number of pyridine rings is 1. The molecule has 0 aromatic carbocycles. The average Bonchev–Trinajstić information content (AvgIpc) is 2.33. The van der Waals surface area contributed by atoms with Crippen molar-refractivity contribution in [3.05, 3.63) is 22.8 Å². The largest absolute Gasteiger partial charge is 0.352 e. The number of amides is 1. The van der Waals surface area contributed by atoms with Crippen molar-refractivity contribution >= 4 is 27.3 Å². The first kappa shape index (κ1) is 15.9. The van der Waals surface area contributed by atoms with Gasteiger partial charge in [-0.15, -0.1) is 0 Å². The van der Waals surface area contributed by atoms with E-state index in [1.54, 1.807) is 0 Å². The number of sulfone groups is 1. The lowest BCUT2D eigenvalue weighted by atomic mass is 10.2. The zero-order valence-corrected chi connectivity index (χ0v) is 12.5. The first-order valence-electron chi connectivity index (χ1n) is 6.00. The van der Waals surface area contributed by atoms with Crippen LogP contribution in [0.4, 0.5) is 0 Å². The number of halogens is 1. The second kappa shape index (κ2) is 6.86. The van der Waals surface area contributed by atoms with Gasteiger partial charge in [0.2, 0.25) is 0 Å². The van der Waals surface area contributed by atoms with Crippen LogP contribution in [0.1, 0.15) is 36.5 Å². The maximum absolute atomic E-state index is 11.9. The summed E-state index contributed by atoms with van der Waals surface area (Å²) in [5.41, 5.74) is 0.133. The van der Waals surface area contributed by atoms with E-state index in [2.05, 4.69) is 17.2 Å². The SMILES string of the molecule is CCCCCNC(=O)c1cc(S(C)(=O)=O)ncc1Cl. The van der Waals surface area contributed by atoms with Crippen LogP contribution in [0.15, 0.2) is 17.3 Å². The van der Waals surface area contributed by atoms with Gasteiger partial charge in [0.1, 0.15) is 0 Å². The summed E-state index contributed by atoms with van der Waals surface area (Å²) in [6, 6.07) is 1.20. The number of rotatable bonds is 6. The number of hydrogen-bond donors (Lipinski definition) is 1. The van der Waals surface area contributed by atoms with Crippen LogP contribution in [0.5, 0.6) is 0 Å². The van der Waals surface area contributed by atoms with E-state index in [0.717, 1.165) is 25.5 Å². The van der Waals surface area contributed by atoms with Gasteiger partial charge in [-0.25, -0.2) is 13.4 Å². The minimum atomic E-state index is -3.45. The molecule has 0 fully saturated rings. The van der Waals surface area contributed by atoms with Crippen molar-refractivity contribution in [2.45, 2.75) is 31.2 Å². The Morgan fingerprint density at radius 2 is 2.11 bits per heavy atom. The quantitative estimate of drug-likeness (QED) is 0.816. The fraction of sp³-hybridized carbons (Fsp3) is 0.500. The molecule has 0 radical (unpaired) electrons. The van der Waals surface area contributed by atoms with Crippen molar-refractivity contribution in [3.8, 4) is 0 Å². The van der Waals surface area contributed by atoms with E-state index in [9.17, 15) is 13.2 Å². The van der Waals surface area contributed by atoms with Crippen molar-refractivity contribution < 1.29 is 13.2 Å². The highest BCUT2D eigenvalue weighted by Crippen LogP contribution is 2.18. The van der Waals surface area contributed by atoms with Crippen molar-refractivity contribution in [2.75, 3.05) is 12.8 Å². The van der Waals surface area contributed by atoms with Gasteiger partial charge in [-0.3, -0.25) is 4.79 Å². The van der Waals surface area contributed by atoms with Gasteiger partial charge in [-0.1, -0.05) is 31.4 Å². The Hall–Kier alpha value is -1.14. The second-order valence-corrected chi connectivity index (χ2v) is 6.61. The Balaban J connectivity index is 2.84. The Kier molecular flexibility index (Phi) is 5.75. The van der Waals surface area contributed by atoms with E-state index >= 15 is 0 Å². The monoisotopic (exact) mass is 304 g/mol. The molecule has 0 spiro atoms. The van der Waals surface area contributed by atoms with Gasteiger partial charge in [-0.05, 0) is 12.5 Å². The molecule has 1 heterocycles. The van der Waals surface area contributed by atoms with Gasteiger partial charge in [0, 0.05) is 19.0 Å². The standard InChI is InChI=1S/C12H17ClN2O3S/c1-3-4-5-6-14-12(16)9-7-11(19(2,17)18)15-8-10(9)13/h7-8H,3-6H2,1-2H3,(H,14,16). The normalized spacial score (nSPS) is 11.3. The zero-order chi connectivity index (χ0) is 14.5. The number of nitrogens with one attached hydrogen (secondary N) is 1. The van der Waals surface area contributed by atoms with Crippen molar-refractivity contribution in [2.24, 2.45) is 0 Å². The van der Waals surface area contributed by atoms with Crippen LogP contribution in [-0.4, -0.2) is 32.1 Å². The summed E-state index contributed by atoms with van der Waals surface area (Å²) < 4.78 is 22.8. The smallest absolute Gasteiger partial charge is 0.252 e. The highest BCUT2D eigenvalue weighted by atomic mass is 35.5. The summed E-state index contributed by atoms with van der Waals surface area (Å²) in [5, 5.41) is 2.69. The van der Waals surface area contributed by atoms with Gasteiger partial charge in [0.15, 0.2) is 14.9 Å². The molecule has 106 valence electrons. The van der Waals surface area contributed by atoms with Gasteiger partial charge in [0.05, 0.1) is 10.6 Å². The van der Waals surface area contributed by atoms with E-state index in [1.807, 2.05) is 0 Å². The summed E-state index contributed by atoms with van der Waals surface area (Å²) >= 11 is 5.86. The third kappa shape index (κ3) is 4.80. The summed E-state index contributed by atoms with van der Waals surface area (Å²) in [6.07, 6.45) is 5.18. The molecule has 5 nitrogen and oxygen atoms in total. The molecule has 1 aromatic rings. The Morgan fingerprint density at radius 3 is 2.68 bits per heavy atom. The minimum Gasteiger partial charge on any atom is -0.352 e. The number of aromatic nitrogens is 1. The number of unbranched alkanes of at least 4 members (excludes halogenated alkanes) is 2. The lowest BCUT2D eigenvalue weighted by molar-refractivity contribution is 0.0952. The van der Waals surface area contributed by atoms with E-state index < -0.39 is 9.84 Å². The third-order valence-corrected chi connectivity index (χ3v) is 3.80. The van der Waals surface area contributed by atoms with Crippen LogP contribution >= 0.6 is 11.6 Å². The summed E-state index contributed by atoms with van der Waals surface area (Å²) in [5.74, 6) is -0.381. The molecular formula is C12H17ClN2O3S. The molecule has 1 aromatic heterocycles. The van der Waals surface area contributed by atoms with Crippen molar-refractivity contribution in [1.82, 2.24) is 10.3 Å². The van der Waals surface area contributed by atoms with E-state index in [4.69, 9.17) is 11.6 Å². The van der Waals surface area contributed by atoms with Gasteiger partial charge < -0.3 is 5.32 Å². The maximum atomic E-state index is 11.9. The first-order valence-corrected chi connectivity index (χ1v) is 8.27. The molecule has 0 unspecified atom stereocenters. The highest BCUT2D eigenvalue weighted by Gasteiger charge is 2.16. The van der Waals surface area contributed by atoms with Crippen LogP contribution in [0.3, 0.4) is 0 Å². The lowest BCUT2D eigenvalue weighted by Crippen LogP contribution is -2.25. The van der Waals surface area contributed by atoms with Crippen LogP contribution < -0.4 is 5.32 Å². The van der Waals surface area contributed by atoms with Gasteiger partial charge in [0.25, 0.3) is 5.91 Å². The topological polar surface area (TPSA) is 76.1 Å². The minimum absolute atomic E-state index is 0.133. The molecule has 0 aliphatic carbocycles. The fourth-order valence-corrected chi connectivity index (χ4v) is 2.23. The molecule has 19 heavy (non-hydrogen) atoms. The second-order valence-electron chi connectivity index (χ2n) is 4.24. The van der Waals surface area contributed by atoms with Crippen molar-refractivity contribution in [1.29, 1.82) is 0 Å². The fourth-order valence-electron chi connectivity index (χ4n) is 1.47. The Morgan fingerprint density at radius 1 is 1.42 bits per heavy atom. The number of hydrogen-bond acceptors (Lipinski definition) is 4. The molecule has 0 bridgehead atoms. The van der Waals surface area contributed by atoms with E-state index in [1.165, 1.54) is 12.3 Å². The van der Waals surface area contributed by atoms with Crippen molar-refractivity contribution in [3.63, 3.8) is 0 Å².